The molecule has 0 bridgehead atoms. The smallest absolute Gasteiger partial charge is 0.333 e. The number of benzene rings is 4. The molecule has 1 fully saturated rings. The van der Waals surface area contributed by atoms with E-state index in [0.29, 0.717) is 59.6 Å². The molecule has 3 aromatic heterocycles. The molecule has 1 aliphatic rings. The minimum absolute atomic E-state index is 0.0104. The molecule has 0 unspecified atom stereocenters. The van der Waals surface area contributed by atoms with Gasteiger partial charge in [-0.25, -0.2) is 14.3 Å². The molecule has 326 valence electrons. The Labute approximate surface area is 372 Å². The number of carbonyl (C=O) groups is 1. The van der Waals surface area contributed by atoms with Gasteiger partial charge in [-0.2, -0.15) is 0 Å². The first kappa shape index (κ1) is 43.8. The molecule has 0 radical (unpaired) electrons. The lowest BCUT2D eigenvalue weighted by atomic mass is 10.0. The molecule has 4 heterocycles. The fraction of sp³-hybridized carbons (Fsp3) is 0.320. The number of hydrogen-bond donors (Lipinski definition) is 0. The van der Waals surface area contributed by atoms with Crippen LogP contribution in [-0.4, -0.2) is 47.7 Å². The van der Waals surface area contributed by atoms with Gasteiger partial charge in [0.25, 0.3) is 5.56 Å². The zero-order valence-corrected chi connectivity index (χ0v) is 38.4. The molecule has 0 amide bonds. The molecule has 0 N–H and O–H groups in total. The number of rotatable bonds is 14. The zero-order valence-electron chi connectivity index (χ0n) is 36.5. The van der Waals surface area contributed by atoms with Crippen molar-refractivity contribution in [1.82, 2.24) is 14.1 Å². The molecule has 11 nitrogen and oxygen atoms in total. The first-order valence-corrected chi connectivity index (χ1v) is 24.1. The van der Waals surface area contributed by atoms with Crippen LogP contribution >= 0.6 is 11.3 Å². The fourth-order valence-corrected chi connectivity index (χ4v) is 14.3. The first-order chi connectivity index (χ1) is 30.3. The zero-order chi connectivity index (χ0) is 44.4. The Hall–Kier alpha value is -5.86. The normalized spacial score (nSPS) is 14.4. The van der Waals surface area contributed by atoms with E-state index in [1.54, 1.807) is 24.6 Å². The summed E-state index contributed by atoms with van der Waals surface area (Å²) in [6.07, 6.45) is 3.46. The van der Waals surface area contributed by atoms with Gasteiger partial charge >= 0.3 is 20.0 Å². The summed E-state index contributed by atoms with van der Waals surface area (Å²) in [4.78, 5) is 51.3. The predicted octanol–water partition coefficient (Wildman–Crippen LogP) is 8.54. The molecule has 1 atom stereocenters. The Morgan fingerprint density at radius 3 is 2.06 bits per heavy atom. The quantitative estimate of drug-likeness (QED) is 0.0989. The maximum atomic E-state index is 15.5. The van der Waals surface area contributed by atoms with Gasteiger partial charge in [-0.05, 0) is 66.2 Å². The molecular formula is C50H53N3O8SSi. The highest BCUT2D eigenvalue weighted by Crippen LogP contribution is 2.40. The van der Waals surface area contributed by atoms with Gasteiger partial charge in [-0.15, -0.1) is 11.3 Å². The highest BCUT2D eigenvalue weighted by Gasteiger charge is 2.55. The van der Waals surface area contributed by atoms with E-state index >= 15 is 14.4 Å². The van der Waals surface area contributed by atoms with Crippen LogP contribution in [0.25, 0.3) is 21.0 Å². The minimum atomic E-state index is -3.47. The van der Waals surface area contributed by atoms with Gasteiger partial charge in [0, 0.05) is 18.8 Å². The second kappa shape index (κ2) is 18.1. The van der Waals surface area contributed by atoms with Crippen molar-refractivity contribution >= 4 is 46.2 Å². The van der Waals surface area contributed by atoms with Crippen molar-refractivity contribution < 1.29 is 27.8 Å². The van der Waals surface area contributed by atoms with Crippen LogP contribution in [0.2, 0.25) is 5.04 Å². The number of fused-ring (bicyclic) bond motifs is 1. The summed E-state index contributed by atoms with van der Waals surface area (Å²) in [6.45, 7) is 12.6. The maximum absolute atomic E-state index is 15.5. The first-order valence-electron chi connectivity index (χ1n) is 21.3. The van der Waals surface area contributed by atoms with Gasteiger partial charge < -0.3 is 23.1 Å². The molecule has 7 aromatic rings. The van der Waals surface area contributed by atoms with Gasteiger partial charge in [-0.1, -0.05) is 130 Å². The monoisotopic (exact) mass is 883 g/mol. The summed E-state index contributed by atoms with van der Waals surface area (Å²) < 4.78 is 34.5. The summed E-state index contributed by atoms with van der Waals surface area (Å²) in [7, 11) is -3.47. The van der Waals surface area contributed by atoms with Crippen LogP contribution in [0.4, 0.5) is 0 Å². The van der Waals surface area contributed by atoms with Crippen LogP contribution < -0.4 is 26.4 Å². The molecule has 0 spiro atoms. The lowest BCUT2D eigenvalue weighted by molar-refractivity contribution is -0.144. The number of oxazole rings is 1. The van der Waals surface area contributed by atoms with Crippen LogP contribution in [0.5, 0.6) is 5.75 Å². The van der Waals surface area contributed by atoms with Crippen molar-refractivity contribution in [2.75, 3.05) is 13.2 Å². The third-order valence-corrected chi connectivity index (χ3v) is 18.1. The van der Waals surface area contributed by atoms with E-state index in [4.69, 9.17) is 23.1 Å². The lowest BCUT2D eigenvalue weighted by Crippen LogP contribution is -2.69. The average molecular weight is 884 g/mol. The standard InChI is InChI=1S/C50H53N3O8SSi/c1-34-42-45(54)53(50(5,6)47(55)61-63(49(2,3)4,37-20-12-8-13-21-37)38-22-14-9-15-23-38)48(56)52(46(42)62-43(34)44-51-28-31-58-44)32-41(60-36-26-29-57-30-27-36)39-24-16-17-25-40(39)59-33-35-18-10-7-11-19-35/h7-25,28,31,36,41H,26-27,29-30,32-33H2,1-6H3/t41-/m0/s1. The summed E-state index contributed by atoms with van der Waals surface area (Å²) >= 11 is 1.24. The Bertz CT molecular complexity index is 2750. The molecular weight excluding hydrogens is 831 g/mol. The Morgan fingerprint density at radius 2 is 1.46 bits per heavy atom. The predicted molar refractivity (Wildman–Crippen MR) is 248 cm³/mol. The van der Waals surface area contributed by atoms with Crippen LogP contribution in [-0.2, 0) is 37.4 Å². The van der Waals surface area contributed by atoms with Gasteiger partial charge in [0.05, 0.1) is 29.1 Å². The van der Waals surface area contributed by atoms with Gasteiger partial charge in [0.15, 0.2) is 0 Å². The summed E-state index contributed by atoms with van der Waals surface area (Å²) in [5, 5.41) is 1.49. The second-order valence-electron chi connectivity index (χ2n) is 17.5. The third kappa shape index (κ3) is 8.50. The van der Waals surface area contributed by atoms with Crippen LogP contribution in [0.15, 0.2) is 142 Å². The lowest BCUT2D eigenvalue weighted by Gasteiger charge is -2.43. The number of ether oxygens (including phenoxy) is 3. The van der Waals surface area contributed by atoms with E-state index in [9.17, 15) is 0 Å². The average Bonchev–Trinajstić information content (AvgIpc) is 3.95. The van der Waals surface area contributed by atoms with Gasteiger partial charge in [0.2, 0.25) is 5.89 Å². The largest absolute Gasteiger partial charge is 0.508 e. The molecule has 8 rings (SSSR count). The number of hydrogen-bond acceptors (Lipinski definition) is 10. The molecule has 4 aromatic carbocycles. The molecule has 63 heavy (non-hydrogen) atoms. The molecule has 13 heteroatoms. The van der Waals surface area contributed by atoms with Crippen molar-refractivity contribution in [3.8, 4) is 16.5 Å². The fourth-order valence-electron chi connectivity index (χ4n) is 8.58. The molecule has 0 saturated carbocycles. The van der Waals surface area contributed by atoms with E-state index in [1.165, 1.54) is 17.6 Å². The number of carbonyl (C=O) groups excluding carboxylic acids is 1. The van der Waals surface area contributed by atoms with Crippen LogP contribution in [0.3, 0.4) is 0 Å². The van der Waals surface area contributed by atoms with Crippen molar-refractivity contribution in [2.45, 2.75) is 90.3 Å². The Balaban J connectivity index is 1.30. The molecule has 1 aliphatic heterocycles. The third-order valence-electron chi connectivity index (χ3n) is 11.9. The Kier molecular flexibility index (Phi) is 12.6. The summed E-state index contributed by atoms with van der Waals surface area (Å²) in [5.74, 6) is 0.226. The second-order valence-corrected chi connectivity index (χ2v) is 22.7. The van der Waals surface area contributed by atoms with E-state index in [2.05, 4.69) is 25.8 Å². The SMILES string of the molecule is Cc1c(-c2ncco2)sc2c1c(=O)n(C(C)(C)C(=O)O[Si](c1ccccc1)(c1ccccc1)C(C)(C)C)c(=O)n2C[C@H](OC1CCOCC1)c1ccccc1OCc1ccccc1. The Morgan fingerprint density at radius 1 is 0.857 bits per heavy atom. The molecule has 0 aliphatic carbocycles. The summed E-state index contributed by atoms with van der Waals surface area (Å²) in [5.41, 5.74) is -0.767. The molecule has 1 saturated heterocycles. The van der Waals surface area contributed by atoms with E-state index in [1.807, 2.05) is 122 Å². The van der Waals surface area contributed by atoms with Crippen molar-refractivity contribution in [1.29, 1.82) is 0 Å². The van der Waals surface area contributed by atoms with Gasteiger partial charge in [-0.3, -0.25) is 14.2 Å². The van der Waals surface area contributed by atoms with Crippen molar-refractivity contribution in [3.05, 3.63) is 165 Å². The summed E-state index contributed by atoms with van der Waals surface area (Å²) in [6, 6.07) is 37.2. The number of aromatic nitrogens is 3. The van der Waals surface area contributed by atoms with E-state index in [-0.39, 0.29) is 18.0 Å². The van der Waals surface area contributed by atoms with E-state index in [0.717, 1.165) is 26.1 Å². The number of thiophene rings is 1. The van der Waals surface area contributed by atoms with Crippen molar-refractivity contribution in [2.24, 2.45) is 0 Å². The van der Waals surface area contributed by atoms with E-state index < -0.39 is 42.2 Å². The number of nitrogens with zero attached hydrogens (tertiary/aromatic N) is 3. The van der Waals surface area contributed by atoms with Crippen molar-refractivity contribution in [3.63, 3.8) is 0 Å². The minimum Gasteiger partial charge on any atom is -0.508 e. The highest BCUT2D eigenvalue weighted by molar-refractivity contribution is 7.22. The number of aryl methyl sites for hydroxylation is 1. The van der Waals surface area contributed by atoms with Crippen LogP contribution in [0, 0.1) is 6.92 Å². The van der Waals surface area contributed by atoms with Crippen LogP contribution in [0.1, 0.15) is 70.3 Å². The van der Waals surface area contributed by atoms with Gasteiger partial charge in [0.1, 0.15) is 35.1 Å². The maximum Gasteiger partial charge on any atom is 0.333 e. The number of para-hydroxylation sites is 1. The highest BCUT2D eigenvalue weighted by atomic mass is 32.1. The topological polar surface area (TPSA) is 124 Å².